The van der Waals surface area contributed by atoms with Crippen molar-refractivity contribution in [3.05, 3.63) is 34.0 Å². The molecule has 1 aromatic heterocycles. The van der Waals surface area contributed by atoms with Crippen LogP contribution in [0.5, 0.6) is 0 Å². The largest absolute Gasteiger partial charge is 0.360 e. The van der Waals surface area contributed by atoms with Crippen LogP contribution in [-0.2, 0) is 7.05 Å². The molecular formula is C12H13N5O2. The van der Waals surface area contributed by atoms with Gasteiger partial charge in [0.2, 0.25) is 0 Å². The van der Waals surface area contributed by atoms with Crippen molar-refractivity contribution >= 4 is 11.4 Å². The predicted octanol–water partition coefficient (Wildman–Crippen LogP) is 1.90. The molecule has 0 aliphatic carbocycles. The summed E-state index contributed by atoms with van der Waals surface area (Å²) in [6, 6.07) is 5.00. The van der Waals surface area contributed by atoms with Crippen LogP contribution < -0.4 is 4.90 Å². The fourth-order valence-electron chi connectivity index (χ4n) is 2.51. The van der Waals surface area contributed by atoms with Gasteiger partial charge < -0.3 is 4.90 Å². The Labute approximate surface area is 109 Å². The van der Waals surface area contributed by atoms with Crippen LogP contribution in [0.2, 0.25) is 0 Å². The molecule has 7 nitrogen and oxygen atoms in total. The van der Waals surface area contributed by atoms with Crippen molar-refractivity contribution in [3.8, 4) is 11.3 Å². The molecule has 0 bridgehead atoms. The number of benzene rings is 1. The van der Waals surface area contributed by atoms with E-state index in [2.05, 4.69) is 10.2 Å². The molecule has 2 heterocycles. The summed E-state index contributed by atoms with van der Waals surface area (Å²) in [6.07, 6.45) is 0. The number of aryl methyl sites for hydroxylation is 1. The van der Waals surface area contributed by atoms with Crippen molar-refractivity contribution in [1.29, 1.82) is 0 Å². The van der Waals surface area contributed by atoms with E-state index in [0.29, 0.717) is 5.69 Å². The van der Waals surface area contributed by atoms with Gasteiger partial charge in [0.05, 0.1) is 11.0 Å². The number of hydrogen-bond acceptors (Lipinski definition) is 5. The molecule has 1 aromatic carbocycles. The Bertz CT molecular complexity index is 679. The first-order chi connectivity index (χ1) is 9.00. The van der Waals surface area contributed by atoms with E-state index in [9.17, 15) is 10.1 Å². The number of nitrogens with zero attached hydrogens (tertiary/aromatic N) is 5. The van der Waals surface area contributed by atoms with Crippen molar-refractivity contribution in [3.63, 3.8) is 0 Å². The number of hydrogen-bond donors (Lipinski definition) is 0. The van der Waals surface area contributed by atoms with Gasteiger partial charge in [0.25, 0.3) is 5.69 Å². The smallest absolute Gasteiger partial charge is 0.293 e. The molecule has 1 aliphatic rings. The van der Waals surface area contributed by atoms with E-state index in [1.54, 1.807) is 13.1 Å². The van der Waals surface area contributed by atoms with Gasteiger partial charge in [0.15, 0.2) is 0 Å². The Morgan fingerprint density at radius 1 is 1.32 bits per heavy atom. The van der Waals surface area contributed by atoms with Crippen LogP contribution in [0.3, 0.4) is 0 Å². The molecule has 0 saturated heterocycles. The first-order valence-electron chi connectivity index (χ1n) is 5.92. The average molecular weight is 259 g/mol. The summed E-state index contributed by atoms with van der Waals surface area (Å²) in [6.45, 7) is 1.97. The Balaban J connectivity index is 2.35. The topological polar surface area (TPSA) is 77.1 Å². The lowest BCUT2D eigenvalue weighted by molar-refractivity contribution is -0.384. The summed E-state index contributed by atoms with van der Waals surface area (Å²) in [5, 5.41) is 19.9. The second kappa shape index (κ2) is 3.78. The zero-order valence-corrected chi connectivity index (χ0v) is 10.9. The predicted molar refractivity (Wildman–Crippen MR) is 69.9 cm³/mol. The van der Waals surface area contributed by atoms with Crippen LogP contribution in [0, 0.1) is 10.1 Å². The molecule has 1 unspecified atom stereocenters. The van der Waals surface area contributed by atoms with Crippen molar-refractivity contribution in [2.45, 2.75) is 13.0 Å². The van der Waals surface area contributed by atoms with Crippen molar-refractivity contribution in [1.82, 2.24) is 15.0 Å². The molecule has 7 heteroatoms. The third-order valence-electron chi connectivity index (χ3n) is 3.54. The van der Waals surface area contributed by atoms with Crippen LogP contribution in [0.4, 0.5) is 11.4 Å². The number of nitro groups is 1. The number of para-hydroxylation sites is 1. The third-order valence-corrected chi connectivity index (χ3v) is 3.54. The molecule has 98 valence electrons. The van der Waals surface area contributed by atoms with E-state index < -0.39 is 0 Å². The Morgan fingerprint density at radius 2 is 2.05 bits per heavy atom. The van der Waals surface area contributed by atoms with E-state index in [0.717, 1.165) is 17.0 Å². The molecule has 0 radical (unpaired) electrons. The van der Waals surface area contributed by atoms with Crippen LogP contribution in [0.25, 0.3) is 11.3 Å². The minimum atomic E-state index is -0.358. The van der Waals surface area contributed by atoms with Crippen LogP contribution in [0.1, 0.15) is 18.7 Å². The summed E-state index contributed by atoms with van der Waals surface area (Å²) in [4.78, 5) is 14.2. The number of rotatable bonds is 1. The van der Waals surface area contributed by atoms with Gasteiger partial charge in [-0.05, 0) is 6.92 Å². The van der Waals surface area contributed by atoms with E-state index in [4.69, 9.17) is 0 Å². The number of nitro benzene ring substituents is 1. The van der Waals surface area contributed by atoms with Gasteiger partial charge in [0, 0.05) is 25.7 Å². The fourth-order valence-corrected chi connectivity index (χ4v) is 2.51. The Morgan fingerprint density at radius 3 is 2.74 bits per heavy atom. The van der Waals surface area contributed by atoms with E-state index in [1.165, 1.54) is 10.9 Å². The highest BCUT2D eigenvalue weighted by Crippen LogP contribution is 2.46. The van der Waals surface area contributed by atoms with Gasteiger partial charge >= 0.3 is 0 Å². The van der Waals surface area contributed by atoms with Crippen LogP contribution in [-0.4, -0.2) is 27.0 Å². The van der Waals surface area contributed by atoms with Crippen LogP contribution >= 0.6 is 0 Å². The number of aromatic nitrogens is 3. The lowest BCUT2D eigenvalue weighted by Gasteiger charge is -2.31. The maximum Gasteiger partial charge on any atom is 0.293 e. The van der Waals surface area contributed by atoms with Gasteiger partial charge in [-0.1, -0.05) is 12.1 Å². The average Bonchev–Trinajstić information content (AvgIpc) is 2.77. The monoisotopic (exact) mass is 259 g/mol. The first-order valence-corrected chi connectivity index (χ1v) is 5.92. The molecule has 0 saturated carbocycles. The highest BCUT2D eigenvalue weighted by Gasteiger charge is 2.34. The quantitative estimate of drug-likeness (QED) is 0.577. The molecular weight excluding hydrogens is 246 g/mol. The molecule has 1 atom stereocenters. The highest BCUT2D eigenvalue weighted by molar-refractivity contribution is 5.87. The summed E-state index contributed by atoms with van der Waals surface area (Å²) in [7, 11) is 3.59. The number of fused-ring (bicyclic) bond motifs is 3. The van der Waals surface area contributed by atoms with E-state index >= 15 is 0 Å². The van der Waals surface area contributed by atoms with Gasteiger partial charge in [-0.25, -0.2) is 0 Å². The summed E-state index contributed by atoms with van der Waals surface area (Å²) in [5.41, 5.74) is 3.04. The second-order valence-electron chi connectivity index (χ2n) is 4.64. The molecule has 19 heavy (non-hydrogen) atoms. The summed E-state index contributed by atoms with van der Waals surface area (Å²) >= 11 is 0. The third kappa shape index (κ3) is 1.51. The zero-order valence-electron chi connectivity index (χ0n) is 10.9. The molecule has 0 N–H and O–H groups in total. The normalized spacial score (nSPS) is 17.0. The molecule has 0 amide bonds. The second-order valence-corrected chi connectivity index (χ2v) is 4.64. The van der Waals surface area contributed by atoms with E-state index in [-0.39, 0.29) is 16.7 Å². The maximum atomic E-state index is 11.2. The molecule has 1 aliphatic heterocycles. The van der Waals surface area contributed by atoms with E-state index in [1.807, 2.05) is 24.9 Å². The lowest BCUT2D eigenvalue weighted by Crippen LogP contribution is -2.27. The van der Waals surface area contributed by atoms with Gasteiger partial charge in [-0.2, -0.15) is 15.0 Å². The standard InChI is InChI=1S/C12H13N5O2/c1-7-10-11(14-16(3)13-10)8-5-4-6-9(17(18)19)12(8)15(7)2/h4-7H,1-3H3. The van der Waals surface area contributed by atoms with Gasteiger partial charge in [-0.3, -0.25) is 10.1 Å². The molecule has 2 aromatic rings. The highest BCUT2D eigenvalue weighted by atomic mass is 16.6. The minimum Gasteiger partial charge on any atom is -0.360 e. The molecule has 0 spiro atoms. The maximum absolute atomic E-state index is 11.2. The molecule has 3 rings (SSSR count). The summed E-state index contributed by atoms with van der Waals surface area (Å²) < 4.78 is 0. The SMILES string of the molecule is CC1c2nn(C)nc2-c2cccc([N+](=O)[O-])c2N1C. The lowest BCUT2D eigenvalue weighted by atomic mass is 9.97. The zero-order chi connectivity index (χ0) is 13.7. The van der Waals surface area contributed by atoms with Crippen LogP contribution in [0.15, 0.2) is 18.2 Å². The van der Waals surface area contributed by atoms with Gasteiger partial charge in [-0.15, -0.1) is 0 Å². The van der Waals surface area contributed by atoms with Crippen molar-refractivity contribution in [2.24, 2.45) is 7.05 Å². The Hall–Kier alpha value is -2.44. The van der Waals surface area contributed by atoms with Gasteiger partial charge in [0.1, 0.15) is 17.1 Å². The van der Waals surface area contributed by atoms with Crippen molar-refractivity contribution < 1.29 is 4.92 Å². The van der Waals surface area contributed by atoms with Crippen molar-refractivity contribution in [2.75, 3.05) is 11.9 Å². The molecule has 0 fully saturated rings. The fraction of sp³-hybridized carbons (Fsp3) is 0.333. The minimum absolute atomic E-state index is 0.0442. The number of anilines is 1. The Kier molecular flexibility index (Phi) is 2.31. The summed E-state index contributed by atoms with van der Waals surface area (Å²) in [5.74, 6) is 0. The first kappa shape index (κ1) is 11.6.